The van der Waals surface area contributed by atoms with E-state index in [4.69, 9.17) is 32.3 Å². The molecule has 136 valence electrons. The summed E-state index contributed by atoms with van der Waals surface area (Å²) in [7, 11) is 0. The van der Waals surface area contributed by atoms with Crippen LogP contribution < -0.4 is 15.8 Å². The second-order valence-corrected chi connectivity index (χ2v) is 5.66. The van der Waals surface area contributed by atoms with Gasteiger partial charge in [0.05, 0.1) is 11.7 Å². The summed E-state index contributed by atoms with van der Waals surface area (Å²) in [5.74, 6) is -0.913. The molecule has 0 amide bonds. The quantitative estimate of drug-likeness (QED) is 0.606. The van der Waals surface area contributed by atoms with Crippen LogP contribution in [0.2, 0.25) is 5.02 Å². The summed E-state index contributed by atoms with van der Waals surface area (Å²) in [4.78, 5) is 19.1. The van der Waals surface area contributed by atoms with Gasteiger partial charge in [-0.3, -0.25) is 0 Å². The van der Waals surface area contributed by atoms with Crippen LogP contribution in [0.3, 0.4) is 0 Å². The number of carbonyl (C=O) groups is 2. The fourth-order valence-electron chi connectivity index (χ4n) is 2.28. The number of hydrogen-bond acceptors (Lipinski definition) is 5. The second-order valence-electron chi connectivity index (χ2n) is 5.22. The molecule has 1 heterocycles. The minimum Gasteiger partial charge on any atom is -0.478 e. The molecule has 3 rings (SSSR count). The van der Waals surface area contributed by atoms with Crippen LogP contribution in [0.4, 0.5) is 5.69 Å². The van der Waals surface area contributed by atoms with E-state index in [9.17, 15) is 9.59 Å². The van der Waals surface area contributed by atoms with Gasteiger partial charge >= 0.3 is 11.9 Å². The van der Waals surface area contributed by atoms with Crippen molar-refractivity contribution in [2.45, 2.75) is 6.04 Å². The number of para-hydroxylation sites is 1. The van der Waals surface area contributed by atoms with Crippen LogP contribution in [0.15, 0.2) is 54.6 Å². The molecule has 0 aliphatic carbocycles. The maximum absolute atomic E-state index is 9.55. The Hall–Kier alpha value is -3.03. The first-order valence-corrected chi connectivity index (χ1v) is 7.95. The second kappa shape index (κ2) is 8.89. The van der Waals surface area contributed by atoms with Crippen LogP contribution in [0.25, 0.3) is 0 Å². The average Bonchev–Trinajstić information content (AvgIpc) is 2.76. The molecule has 8 heteroatoms. The summed E-state index contributed by atoms with van der Waals surface area (Å²) < 4.78 is 5.91. The third-order valence-electron chi connectivity index (χ3n) is 3.39. The van der Waals surface area contributed by atoms with Gasteiger partial charge < -0.3 is 26.0 Å². The number of ether oxygens (including phenoxy) is 1. The topological polar surface area (TPSA) is 122 Å². The Morgan fingerprint density at radius 1 is 1.12 bits per heavy atom. The largest absolute Gasteiger partial charge is 0.478 e. The fourth-order valence-corrected chi connectivity index (χ4v) is 2.45. The highest BCUT2D eigenvalue weighted by Gasteiger charge is 2.21. The van der Waals surface area contributed by atoms with Crippen molar-refractivity contribution < 1.29 is 24.5 Å². The molecule has 0 bridgehead atoms. The Labute approximate surface area is 154 Å². The third-order valence-corrected chi connectivity index (χ3v) is 3.62. The molecule has 1 aliphatic rings. The summed E-state index contributed by atoms with van der Waals surface area (Å²) in [5, 5.41) is 19.7. The monoisotopic (exact) mass is 376 g/mol. The van der Waals surface area contributed by atoms with Crippen LogP contribution in [0, 0.1) is 0 Å². The van der Waals surface area contributed by atoms with E-state index >= 15 is 0 Å². The van der Waals surface area contributed by atoms with Gasteiger partial charge in [0.1, 0.15) is 5.75 Å². The minimum absolute atomic E-state index is 0.0286. The fraction of sp³-hybridized carbons (Fsp3) is 0.111. The van der Waals surface area contributed by atoms with E-state index in [-0.39, 0.29) is 6.04 Å². The van der Waals surface area contributed by atoms with Gasteiger partial charge in [-0.1, -0.05) is 29.8 Å². The Morgan fingerprint density at radius 2 is 1.77 bits per heavy atom. The molecule has 5 N–H and O–H groups in total. The third kappa shape index (κ3) is 5.23. The highest BCUT2D eigenvalue weighted by Crippen LogP contribution is 2.40. The van der Waals surface area contributed by atoms with E-state index < -0.39 is 11.9 Å². The van der Waals surface area contributed by atoms with Crippen molar-refractivity contribution >= 4 is 29.2 Å². The Bertz CT molecular complexity index is 822. The Balaban J connectivity index is 0.000000260. The van der Waals surface area contributed by atoms with Crippen molar-refractivity contribution in [3.63, 3.8) is 0 Å². The zero-order chi connectivity index (χ0) is 19.1. The number of nitrogens with one attached hydrogen (secondary N) is 1. The summed E-state index contributed by atoms with van der Waals surface area (Å²) in [6, 6.07) is 13.5. The van der Waals surface area contributed by atoms with Crippen LogP contribution in [-0.2, 0) is 9.59 Å². The Morgan fingerprint density at radius 3 is 2.38 bits per heavy atom. The van der Waals surface area contributed by atoms with Gasteiger partial charge in [0.15, 0.2) is 5.75 Å². The molecule has 1 unspecified atom stereocenters. The highest BCUT2D eigenvalue weighted by atomic mass is 35.5. The van der Waals surface area contributed by atoms with Gasteiger partial charge in [0, 0.05) is 29.3 Å². The van der Waals surface area contributed by atoms with Gasteiger partial charge in [-0.05, 0) is 24.3 Å². The number of aliphatic carboxylic acids is 2. The zero-order valence-electron chi connectivity index (χ0n) is 13.6. The van der Waals surface area contributed by atoms with Gasteiger partial charge in [-0.15, -0.1) is 0 Å². The number of halogens is 1. The maximum Gasteiger partial charge on any atom is 0.328 e. The zero-order valence-corrected chi connectivity index (χ0v) is 14.3. The number of rotatable bonds is 3. The lowest BCUT2D eigenvalue weighted by Crippen LogP contribution is -2.19. The molecule has 1 atom stereocenters. The smallest absolute Gasteiger partial charge is 0.328 e. The van der Waals surface area contributed by atoms with Crippen molar-refractivity contribution in [3.05, 3.63) is 65.2 Å². The van der Waals surface area contributed by atoms with Crippen molar-refractivity contribution in [1.82, 2.24) is 0 Å². The van der Waals surface area contributed by atoms with Crippen molar-refractivity contribution in [2.75, 3.05) is 11.9 Å². The van der Waals surface area contributed by atoms with Crippen molar-refractivity contribution in [3.8, 4) is 11.5 Å². The van der Waals surface area contributed by atoms with Gasteiger partial charge in [-0.2, -0.15) is 0 Å². The standard InChI is InChI=1S/C14H13ClN2O.C4H4O4/c15-9-5-6-14-11(7-9)17-12(8-16)10-3-1-2-4-13(10)18-14;5-3(6)1-2-4(7)8/h1-7,12,17H,8,16H2;1-2H,(H,5,6)(H,7,8)/b;2-1+. The molecule has 0 aromatic heterocycles. The number of carboxylic acid groups (broad SMARTS) is 2. The molecule has 0 saturated carbocycles. The van der Waals surface area contributed by atoms with E-state index in [0.29, 0.717) is 23.7 Å². The van der Waals surface area contributed by atoms with Crippen LogP contribution in [0.5, 0.6) is 11.5 Å². The van der Waals surface area contributed by atoms with E-state index in [1.807, 2.05) is 42.5 Å². The van der Waals surface area contributed by atoms with E-state index in [1.54, 1.807) is 0 Å². The summed E-state index contributed by atoms with van der Waals surface area (Å²) in [6.45, 7) is 0.492. The molecule has 2 aromatic rings. The first kappa shape index (κ1) is 19.3. The predicted octanol–water partition coefficient (Wildman–Crippen LogP) is 3.27. The number of anilines is 1. The number of carboxylic acids is 2. The molecule has 0 saturated heterocycles. The lowest BCUT2D eigenvalue weighted by molar-refractivity contribution is -0.134. The molecule has 1 aliphatic heterocycles. The maximum atomic E-state index is 9.55. The van der Waals surface area contributed by atoms with Crippen LogP contribution >= 0.6 is 11.6 Å². The molecule has 2 aromatic carbocycles. The molecule has 0 spiro atoms. The van der Waals surface area contributed by atoms with Crippen molar-refractivity contribution in [1.29, 1.82) is 0 Å². The molecular weight excluding hydrogens is 360 g/mol. The van der Waals surface area contributed by atoms with E-state index in [0.717, 1.165) is 22.7 Å². The number of nitrogens with two attached hydrogens (primary N) is 1. The Kier molecular flexibility index (Phi) is 6.60. The first-order valence-electron chi connectivity index (χ1n) is 7.57. The van der Waals surface area contributed by atoms with E-state index in [1.165, 1.54) is 0 Å². The molecule has 0 fully saturated rings. The SMILES string of the molecule is NCC1Nc2cc(Cl)ccc2Oc2ccccc21.O=C(O)/C=C/C(=O)O. The first-order chi connectivity index (χ1) is 12.4. The van der Waals surface area contributed by atoms with Gasteiger partial charge in [-0.25, -0.2) is 9.59 Å². The van der Waals surface area contributed by atoms with Crippen LogP contribution in [0.1, 0.15) is 11.6 Å². The average molecular weight is 377 g/mol. The summed E-state index contributed by atoms with van der Waals surface area (Å²) in [6.07, 6.45) is 1.12. The molecular formula is C18H17ClN2O5. The lowest BCUT2D eigenvalue weighted by atomic mass is 10.1. The van der Waals surface area contributed by atoms with Gasteiger partial charge in [0.2, 0.25) is 0 Å². The number of hydrogen-bond donors (Lipinski definition) is 4. The van der Waals surface area contributed by atoms with Crippen LogP contribution in [-0.4, -0.2) is 28.7 Å². The predicted molar refractivity (Wildman–Crippen MR) is 97.8 cm³/mol. The van der Waals surface area contributed by atoms with Gasteiger partial charge in [0.25, 0.3) is 0 Å². The highest BCUT2D eigenvalue weighted by molar-refractivity contribution is 6.30. The van der Waals surface area contributed by atoms with Crippen molar-refractivity contribution in [2.24, 2.45) is 5.73 Å². The molecule has 0 radical (unpaired) electrons. The molecule has 26 heavy (non-hydrogen) atoms. The summed E-state index contributed by atoms with van der Waals surface area (Å²) >= 11 is 6.01. The minimum atomic E-state index is -1.26. The summed E-state index contributed by atoms with van der Waals surface area (Å²) in [5.41, 5.74) is 7.76. The molecule has 7 nitrogen and oxygen atoms in total. The number of fused-ring (bicyclic) bond motifs is 2. The number of benzene rings is 2. The lowest BCUT2D eigenvalue weighted by Gasteiger charge is -2.16. The normalized spacial score (nSPS) is 14.6. The van der Waals surface area contributed by atoms with E-state index in [2.05, 4.69) is 5.32 Å².